The zero-order chi connectivity index (χ0) is 22.1. The van der Waals surface area contributed by atoms with E-state index in [9.17, 15) is 27.2 Å². The molecule has 2 heterocycles. The number of nitrogens with zero attached hydrogens (tertiary/aromatic N) is 3. The summed E-state index contributed by atoms with van der Waals surface area (Å²) in [4.78, 5) is 38.7. The third-order valence-electron chi connectivity index (χ3n) is 4.78. The van der Waals surface area contributed by atoms with Gasteiger partial charge in [-0.3, -0.25) is 14.4 Å². The van der Waals surface area contributed by atoms with Crippen LogP contribution in [-0.4, -0.2) is 65.5 Å². The van der Waals surface area contributed by atoms with E-state index in [1.165, 1.54) is 30.0 Å². The zero-order valence-electron chi connectivity index (χ0n) is 16.5. The van der Waals surface area contributed by atoms with Gasteiger partial charge in [-0.25, -0.2) is 17.5 Å². The molecule has 0 bridgehead atoms. The highest BCUT2D eigenvalue weighted by Gasteiger charge is 2.29. The lowest BCUT2D eigenvalue weighted by atomic mass is 10.2. The average molecular weight is 436 g/mol. The summed E-state index contributed by atoms with van der Waals surface area (Å²) in [7, 11) is -3.15. The second-order valence-corrected chi connectivity index (χ2v) is 9.34. The topological polar surface area (TPSA) is 118 Å². The molecule has 1 saturated heterocycles. The molecule has 9 nitrogen and oxygen atoms in total. The maximum atomic E-state index is 14.1. The van der Waals surface area contributed by atoms with Crippen molar-refractivity contribution in [2.45, 2.75) is 19.9 Å². The number of aromatic nitrogens is 2. The van der Waals surface area contributed by atoms with Crippen LogP contribution in [0.4, 0.5) is 4.39 Å². The molecule has 3 rings (SSSR count). The Labute approximate surface area is 172 Å². The van der Waals surface area contributed by atoms with Crippen LogP contribution in [0, 0.1) is 12.7 Å². The first-order chi connectivity index (χ1) is 14.1. The number of rotatable bonds is 4. The van der Waals surface area contributed by atoms with E-state index < -0.39 is 44.6 Å². The number of hydrogen-bond acceptors (Lipinski definition) is 6. The van der Waals surface area contributed by atoms with E-state index in [2.05, 4.69) is 10.4 Å². The number of carbonyl (C=O) groups is 2. The molecule has 1 aliphatic rings. The lowest BCUT2D eigenvalue weighted by molar-refractivity contribution is -0.132. The van der Waals surface area contributed by atoms with Crippen LogP contribution in [-0.2, 0) is 14.6 Å². The molecule has 1 N–H and O–H groups in total. The van der Waals surface area contributed by atoms with Gasteiger partial charge in [0.15, 0.2) is 15.5 Å². The Balaban J connectivity index is 1.80. The molecule has 0 spiro atoms. The van der Waals surface area contributed by atoms with Crippen molar-refractivity contribution in [3.63, 3.8) is 0 Å². The lowest BCUT2D eigenvalue weighted by Crippen LogP contribution is -2.52. The summed E-state index contributed by atoms with van der Waals surface area (Å²) >= 11 is 0. The first-order valence-electron chi connectivity index (χ1n) is 9.25. The van der Waals surface area contributed by atoms with E-state index in [1.807, 2.05) is 0 Å². The molecule has 0 aliphatic carbocycles. The van der Waals surface area contributed by atoms with Gasteiger partial charge in [-0.2, -0.15) is 5.10 Å². The quantitative estimate of drug-likeness (QED) is 0.724. The van der Waals surface area contributed by atoms with Gasteiger partial charge < -0.3 is 10.2 Å². The van der Waals surface area contributed by atoms with Crippen molar-refractivity contribution in [3.8, 4) is 5.69 Å². The summed E-state index contributed by atoms with van der Waals surface area (Å²) in [5.41, 5.74) is -0.742. The molecule has 2 aromatic rings. The van der Waals surface area contributed by atoms with E-state index in [0.717, 1.165) is 10.7 Å². The average Bonchev–Trinajstić information content (AvgIpc) is 2.68. The van der Waals surface area contributed by atoms with Crippen molar-refractivity contribution >= 4 is 21.7 Å². The number of carbonyl (C=O) groups excluding carboxylic acids is 2. The monoisotopic (exact) mass is 436 g/mol. The highest BCUT2D eigenvalue weighted by Crippen LogP contribution is 2.13. The predicted molar refractivity (Wildman–Crippen MR) is 107 cm³/mol. The minimum atomic E-state index is -3.15. The van der Waals surface area contributed by atoms with Crippen LogP contribution < -0.4 is 10.7 Å². The second kappa shape index (κ2) is 8.34. The number of aryl methyl sites for hydroxylation is 1. The van der Waals surface area contributed by atoms with Crippen molar-refractivity contribution in [2.24, 2.45) is 0 Å². The van der Waals surface area contributed by atoms with Crippen LogP contribution >= 0.6 is 0 Å². The van der Waals surface area contributed by atoms with Gasteiger partial charge in [-0.15, -0.1) is 0 Å². The molecule has 1 fully saturated rings. The van der Waals surface area contributed by atoms with E-state index in [4.69, 9.17) is 0 Å². The normalized spacial score (nSPS) is 16.7. The first-order valence-corrected chi connectivity index (χ1v) is 11.1. The van der Waals surface area contributed by atoms with Crippen LogP contribution in [0.3, 0.4) is 0 Å². The van der Waals surface area contributed by atoms with Gasteiger partial charge in [0.2, 0.25) is 11.3 Å². The van der Waals surface area contributed by atoms with E-state index in [1.54, 1.807) is 13.0 Å². The number of sulfone groups is 1. The molecule has 160 valence electrons. The van der Waals surface area contributed by atoms with Gasteiger partial charge in [-0.05, 0) is 26.0 Å². The Hall–Kier alpha value is -3.08. The molecule has 30 heavy (non-hydrogen) atoms. The fourth-order valence-corrected chi connectivity index (χ4v) is 4.31. The zero-order valence-corrected chi connectivity index (χ0v) is 17.3. The van der Waals surface area contributed by atoms with Gasteiger partial charge in [0.1, 0.15) is 17.5 Å². The minimum Gasteiger partial charge on any atom is -0.339 e. The lowest BCUT2D eigenvalue weighted by Gasteiger charge is -2.29. The molecule has 1 aliphatic heterocycles. The minimum absolute atomic E-state index is 0.0459. The first kappa shape index (κ1) is 21.6. The predicted octanol–water partition coefficient (Wildman–Crippen LogP) is 0.0553. The van der Waals surface area contributed by atoms with Crippen molar-refractivity contribution in [3.05, 3.63) is 57.8 Å². The van der Waals surface area contributed by atoms with Crippen molar-refractivity contribution in [1.82, 2.24) is 20.0 Å². The maximum Gasteiger partial charge on any atom is 0.276 e. The Morgan fingerprint density at radius 1 is 1.20 bits per heavy atom. The van der Waals surface area contributed by atoms with Crippen molar-refractivity contribution in [2.75, 3.05) is 24.6 Å². The number of hydrogen-bond donors (Lipinski definition) is 1. The molecule has 1 atom stereocenters. The van der Waals surface area contributed by atoms with Gasteiger partial charge in [-0.1, -0.05) is 12.1 Å². The third-order valence-corrected chi connectivity index (χ3v) is 6.39. The third kappa shape index (κ3) is 4.56. The number of para-hydroxylation sites is 1. The van der Waals surface area contributed by atoms with E-state index >= 15 is 0 Å². The van der Waals surface area contributed by atoms with Gasteiger partial charge >= 0.3 is 0 Å². The second-order valence-electron chi connectivity index (χ2n) is 7.03. The molecule has 11 heteroatoms. The van der Waals surface area contributed by atoms with Crippen LogP contribution in [0.1, 0.15) is 23.1 Å². The SMILES string of the molecule is Cc1cc(=O)c(C(=O)NC(C)C(=O)N2CCS(=O)(=O)CC2)nn1-c1ccccc1F. The Morgan fingerprint density at radius 3 is 2.47 bits per heavy atom. The van der Waals surface area contributed by atoms with Crippen LogP contribution in [0.15, 0.2) is 35.1 Å². The van der Waals surface area contributed by atoms with Crippen molar-refractivity contribution in [1.29, 1.82) is 0 Å². The largest absolute Gasteiger partial charge is 0.339 e. The molecule has 2 amide bonds. The van der Waals surface area contributed by atoms with Crippen LogP contribution in [0.5, 0.6) is 0 Å². The Kier molecular flexibility index (Phi) is 6.01. The molecular formula is C19H21FN4O5S. The van der Waals surface area contributed by atoms with E-state index in [0.29, 0.717) is 5.69 Å². The van der Waals surface area contributed by atoms with Crippen molar-refractivity contribution < 1.29 is 22.4 Å². The van der Waals surface area contributed by atoms with Gasteiger partial charge in [0.25, 0.3) is 5.91 Å². The van der Waals surface area contributed by atoms with Gasteiger partial charge in [0, 0.05) is 24.8 Å². The summed E-state index contributed by atoms with van der Waals surface area (Å²) < 4.78 is 38.3. The van der Waals surface area contributed by atoms with Crippen LogP contribution in [0.2, 0.25) is 0 Å². The summed E-state index contributed by atoms with van der Waals surface area (Å²) in [5.74, 6) is -2.18. The number of benzene rings is 1. The summed E-state index contributed by atoms with van der Waals surface area (Å²) in [6, 6.07) is 5.95. The van der Waals surface area contributed by atoms with Gasteiger partial charge in [0.05, 0.1) is 11.5 Å². The molecule has 0 radical (unpaired) electrons. The molecular weight excluding hydrogens is 415 g/mol. The maximum absolute atomic E-state index is 14.1. The molecule has 1 aromatic heterocycles. The highest BCUT2D eigenvalue weighted by molar-refractivity contribution is 7.91. The number of nitrogens with one attached hydrogen (secondary N) is 1. The summed E-state index contributed by atoms with van der Waals surface area (Å²) in [5, 5.41) is 6.41. The number of halogens is 1. The van der Waals surface area contributed by atoms with E-state index in [-0.39, 0.29) is 30.3 Å². The fraction of sp³-hybridized carbons (Fsp3) is 0.368. The molecule has 1 unspecified atom stereocenters. The molecule has 0 saturated carbocycles. The fourth-order valence-electron chi connectivity index (χ4n) is 3.11. The number of amides is 2. The Morgan fingerprint density at radius 2 is 1.83 bits per heavy atom. The molecule has 1 aromatic carbocycles. The highest BCUT2D eigenvalue weighted by atomic mass is 32.2. The smallest absolute Gasteiger partial charge is 0.276 e. The summed E-state index contributed by atoms with van der Waals surface area (Å²) in [6.07, 6.45) is 0. The van der Waals surface area contributed by atoms with Crippen LogP contribution in [0.25, 0.3) is 5.69 Å². The summed E-state index contributed by atoms with van der Waals surface area (Å²) in [6.45, 7) is 3.08. The standard InChI is InChI=1S/C19H21FN4O5S/c1-12-11-16(25)17(22-24(12)15-6-4-3-5-14(15)20)18(26)21-13(2)19(27)23-7-9-30(28,29)10-8-23/h3-6,11,13H,7-10H2,1-2H3,(H,21,26). The Bertz CT molecular complexity index is 1150.